The molecule has 0 saturated heterocycles. The SMILES string of the molecule is CCc1nc(Cn2nnc(C(=O)OC)c2CCOC)cs1. The zero-order chi connectivity index (χ0) is 15.2. The molecule has 114 valence electrons. The second-order valence-electron chi connectivity index (χ2n) is 4.36. The molecule has 21 heavy (non-hydrogen) atoms. The van der Waals surface area contributed by atoms with Crippen molar-refractivity contribution in [3.8, 4) is 0 Å². The van der Waals surface area contributed by atoms with Gasteiger partial charge in [-0.25, -0.2) is 14.5 Å². The smallest absolute Gasteiger partial charge is 0.360 e. The number of methoxy groups -OCH3 is 2. The van der Waals surface area contributed by atoms with E-state index in [0.717, 1.165) is 17.1 Å². The Kier molecular flexibility index (Phi) is 5.40. The van der Waals surface area contributed by atoms with Gasteiger partial charge in [-0.3, -0.25) is 0 Å². The fraction of sp³-hybridized carbons (Fsp3) is 0.538. The molecule has 0 fully saturated rings. The van der Waals surface area contributed by atoms with Crippen LogP contribution in [0.2, 0.25) is 0 Å². The molecule has 0 N–H and O–H groups in total. The predicted molar refractivity (Wildman–Crippen MR) is 77.5 cm³/mol. The molecule has 2 aromatic heterocycles. The summed E-state index contributed by atoms with van der Waals surface area (Å²) in [6, 6.07) is 0. The maximum atomic E-state index is 11.7. The molecule has 0 aliphatic carbocycles. The lowest BCUT2D eigenvalue weighted by molar-refractivity contribution is 0.0592. The van der Waals surface area contributed by atoms with Crippen molar-refractivity contribution >= 4 is 17.3 Å². The van der Waals surface area contributed by atoms with E-state index in [0.29, 0.717) is 25.3 Å². The number of ether oxygens (including phenoxy) is 2. The van der Waals surface area contributed by atoms with Crippen molar-refractivity contribution in [2.45, 2.75) is 26.3 Å². The van der Waals surface area contributed by atoms with Crippen LogP contribution < -0.4 is 0 Å². The molecule has 0 aliphatic heterocycles. The highest BCUT2D eigenvalue weighted by Gasteiger charge is 2.20. The van der Waals surface area contributed by atoms with Crippen LogP contribution >= 0.6 is 11.3 Å². The Morgan fingerprint density at radius 2 is 2.24 bits per heavy atom. The highest BCUT2D eigenvalue weighted by atomic mass is 32.1. The van der Waals surface area contributed by atoms with E-state index < -0.39 is 5.97 Å². The van der Waals surface area contributed by atoms with Gasteiger partial charge in [-0.15, -0.1) is 16.4 Å². The first-order chi connectivity index (χ1) is 10.2. The third-order valence-corrected chi connectivity index (χ3v) is 4.01. The molecular formula is C13H18N4O3S. The largest absolute Gasteiger partial charge is 0.464 e. The van der Waals surface area contributed by atoms with Gasteiger partial charge < -0.3 is 9.47 Å². The predicted octanol–water partition coefficient (Wildman–Crippen LogP) is 1.32. The molecule has 2 rings (SSSR count). The fourth-order valence-corrected chi connectivity index (χ4v) is 2.63. The van der Waals surface area contributed by atoms with Crippen LogP contribution in [0.4, 0.5) is 0 Å². The number of aromatic nitrogens is 4. The van der Waals surface area contributed by atoms with E-state index in [9.17, 15) is 4.79 Å². The maximum Gasteiger partial charge on any atom is 0.360 e. The topological polar surface area (TPSA) is 79.1 Å². The van der Waals surface area contributed by atoms with Gasteiger partial charge in [0.1, 0.15) is 0 Å². The first kappa shape index (κ1) is 15.6. The molecule has 0 atom stereocenters. The molecule has 2 aromatic rings. The van der Waals surface area contributed by atoms with E-state index in [4.69, 9.17) is 9.47 Å². The number of hydrogen-bond donors (Lipinski definition) is 0. The highest BCUT2D eigenvalue weighted by molar-refractivity contribution is 7.09. The molecule has 0 aromatic carbocycles. The summed E-state index contributed by atoms with van der Waals surface area (Å²) < 4.78 is 11.5. The number of thiazole rings is 1. The van der Waals surface area contributed by atoms with Gasteiger partial charge in [-0.1, -0.05) is 12.1 Å². The number of hydrogen-bond acceptors (Lipinski definition) is 7. The van der Waals surface area contributed by atoms with Crippen molar-refractivity contribution in [2.75, 3.05) is 20.8 Å². The maximum absolute atomic E-state index is 11.7. The van der Waals surface area contributed by atoms with Gasteiger partial charge in [0.2, 0.25) is 0 Å². The summed E-state index contributed by atoms with van der Waals surface area (Å²) in [7, 11) is 2.94. The molecule has 0 amide bonds. The summed E-state index contributed by atoms with van der Waals surface area (Å²) in [6.45, 7) is 3.03. The molecule has 2 heterocycles. The molecular weight excluding hydrogens is 292 g/mol. The van der Waals surface area contributed by atoms with Crippen LogP contribution in [0, 0.1) is 0 Å². The van der Waals surface area contributed by atoms with Crippen molar-refractivity contribution in [3.63, 3.8) is 0 Å². The molecule has 7 nitrogen and oxygen atoms in total. The Balaban J connectivity index is 2.25. The molecule has 0 saturated carbocycles. The minimum absolute atomic E-state index is 0.237. The fourth-order valence-electron chi connectivity index (χ4n) is 1.90. The summed E-state index contributed by atoms with van der Waals surface area (Å²) in [4.78, 5) is 16.2. The van der Waals surface area contributed by atoms with Crippen molar-refractivity contribution in [1.82, 2.24) is 20.0 Å². The van der Waals surface area contributed by atoms with Gasteiger partial charge in [0.05, 0.1) is 36.7 Å². The summed E-state index contributed by atoms with van der Waals surface area (Å²) >= 11 is 1.62. The minimum atomic E-state index is -0.486. The van der Waals surface area contributed by atoms with E-state index in [-0.39, 0.29) is 5.69 Å². The van der Waals surface area contributed by atoms with Crippen molar-refractivity contribution in [2.24, 2.45) is 0 Å². The molecule has 0 unspecified atom stereocenters. The lowest BCUT2D eigenvalue weighted by Crippen LogP contribution is -2.12. The normalized spacial score (nSPS) is 10.8. The zero-order valence-corrected chi connectivity index (χ0v) is 13.1. The monoisotopic (exact) mass is 310 g/mol. The third-order valence-electron chi connectivity index (χ3n) is 2.97. The van der Waals surface area contributed by atoms with Gasteiger partial charge in [0, 0.05) is 18.9 Å². The van der Waals surface area contributed by atoms with Crippen molar-refractivity contribution in [3.05, 3.63) is 27.5 Å². The Bertz CT molecular complexity index is 608. The summed E-state index contributed by atoms with van der Waals surface area (Å²) in [5, 5.41) is 11.0. The third kappa shape index (κ3) is 3.64. The lowest BCUT2D eigenvalue weighted by Gasteiger charge is -2.05. The Morgan fingerprint density at radius 1 is 1.43 bits per heavy atom. The molecule has 0 aliphatic rings. The number of carbonyl (C=O) groups is 1. The van der Waals surface area contributed by atoms with E-state index in [1.807, 2.05) is 5.38 Å². The molecule has 0 spiro atoms. The van der Waals surface area contributed by atoms with Crippen LogP contribution in [0.25, 0.3) is 0 Å². The van der Waals surface area contributed by atoms with Crippen LogP contribution in [0.3, 0.4) is 0 Å². The van der Waals surface area contributed by atoms with Gasteiger partial charge >= 0.3 is 5.97 Å². The second kappa shape index (κ2) is 7.28. The van der Waals surface area contributed by atoms with Crippen LogP contribution in [0.15, 0.2) is 5.38 Å². The van der Waals surface area contributed by atoms with Crippen molar-refractivity contribution in [1.29, 1.82) is 0 Å². The van der Waals surface area contributed by atoms with Gasteiger partial charge in [-0.05, 0) is 6.42 Å². The van der Waals surface area contributed by atoms with Crippen LogP contribution in [-0.2, 0) is 28.9 Å². The zero-order valence-electron chi connectivity index (χ0n) is 12.3. The average molecular weight is 310 g/mol. The number of aryl methyl sites for hydroxylation is 1. The Labute approximate surface area is 126 Å². The first-order valence-electron chi connectivity index (χ1n) is 6.62. The van der Waals surface area contributed by atoms with Crippen LogP contribution in [0.1, 0.15) is 33.8 Å². The number of esters is 1. The highest BCUT2D eigenvalue weighted by Crippen LogP contribution is 2.14. The Hall–Kier alpha value is -1.80. The summed E-state index contributed by atoms with van der Waals surface area (Å²) in [6.07, 6.45) is 1.45. The van der Waals surface area contributed by atoms with Crippen molar-refractivity contribution < 1.29 is 14.3 Å². The second-order valence-corrected chi connectivity index (χ2v) is 5.31. The van der Waals surface area contributed by atoms with Gasteiger partial charge in [0.15, 0.2) is 5.69 Å². The average Bonchev–Trinajstić information content (AvgIpc) is 3.11. The molecule has 0 bridgehead atoms. The number of rotatable bonds is 7. The first-order valence-corrected chi connectivity index (χ1v) is 7.50. The van der Waals surface area contributed by atoms with E-state index in [1.54, 1.807) is 23.1 Å². The standard InChI is InChI=1S/C13H18N4O3S/c1-4-11-14-9(8-21-11)7-17-10(5-6-19-2)12(15-16-17)13(18)20-3/h8H,4-7H2,1-3H3. The lowest BCUT2D eigenvalue weighted by atomic mass is 10.2. The van der Waals surface area contributed by atoms with E-state index in [2.05, 4.69) is 22.2 Å². The Morgan fingerprint density at radius 3 is 2.86 bits per heavy atom. The van der Waals surface area contributed by atoms with E-state index >= 15 is 0 Å². The van der Waals surface area contributed by atoms with Crippen LogP contribution in [0.5, 0.6) is 0 Å². The molecule has 8 heteroatoms. The summed E-state index contributed by atoms with van der Waals surface area (Å²) in [5.74, 6) is -0.486. The summed E-state index contributed by atoms with van der Waals surface area (Å²) in [5.41, 5.74) is 1.85. The minimum Gasteiger partial charge on any atom is -0.464 e. The van der Waals surface area contributed by atoms with Gasteiger partial charge in [0.25, 0.3) is 0 Å². The van der Waals surface area contributed by atoms with E-state index in [1.165, 1.54) is 7.11 Å². The molecule has 0 radical (unpaired) electrons. The number of nitrogens with zero attached hydrogens (tertiary/aromatic N) is 4. The number of carbonyl (C=O) groups excluding carboxylic acids is 1. The van der Waals surface area contributed by atoms with Gasteiger partial charge in [-0.2, -0.15) is 0 Å². The van der Waals surface area contributed by atoms with Crippen LogP contribution in [-0.4, -0.2) is 46.8 Å². The quantitative estimate of drug-likeness (QED) is 0.718.